The minimum absolute atomic E-state index is 0.129. The van der Waals surface area contributed by atoms with Crippen LogP contribution in [0.25, 0.3) is 17.0 Å². The molecule has 0 atom stereocenters. The van der Waals surface area contributed by atoms with E-state index in [0.717, 1.165) is 29.8 Å². The van der Waals surface area contributed by atoms with Crippen molar-refractivity contribution in [2.45, 2.75) is 25.3 Å². The van der Waals surface area contributed by atoms with Crippen LogP contribution in [0.4, 0.5) is 0 Å². The van der Waals surface area contributed by atoms with Gasteiger partial charge in [0.1, 0.15) is 18.9 Å². The molecule has 1 fully saturated rings. The SMILES string of the molecule is COc1ccc(-c2nnc3ccc(OCCNC(=O)Cn4nc(C5CC5)ccc4=O)nn23)cc1. The van der Waals surface area contributed by atoms with E-state index >= 15 is 0 Å². The lowest BCUT2D eigenvalue weighted by Crippen LogP contribution is -2.35. The first-order valence-corrected chi connectivity index (χ1v) is 10.9. The molecule has 0 saturated heterocycles. The number of hydrogen-bond donors (Lipinski definition) is 1. The van der Waals surface area contributed by atoms with E-state index < -0.39 is 0 Å². The number of carbonyl (C=O) groups is 1. The lowest BCUT2D eigenvalue weighted by molar-refractivity contribution is -0.122. The highest BCUT2D eigenvalue weighted by molar-refractivity contribution is 5.75. The molecule has 1 saturated carbocycles. The van der Waals surface area contributed by atoms with Crippen molar-refractivity contribution >= 4 is 11.6 Å². The van der Waals surface area contributed by atoms with Crippen LogP contribution in [0.15, 0.2) is 53.3 Å². The maximum Gasteiger partial charge on any atom is 0.267 e. The molecule has 0 aliphatic heterocycles. The number of ether oxygens (including phenoxy) is 2. The Hall–Kier alpha value is -4.28. The zero-order chi connectivity index (χ0) is 23.5. The molecule has 174 valence electrons. The van der Waals surface area contributed by atoms with E-state index in [9.17, 15) is 9.59 Å². The highest BCUT2D eigenvalue weighted by atomic mass is 16.5. The molecule has 1 aliphatic carbocycles. The first-order chi connectivity index (χ1) is 16.6. The topological polar surface area (TPSA) is 126 Å². The van der Waals surface area contributed by atoms with Gasteiger partial charge in [0.05, 0.1) is 19.3 Å². The average Bonchev–Trinajstić information content (AvgIpc) is 3.62. The number of carbonyl (C=O) groups excluding carboxylic acids is 1. The molecule has 1 N–H and O–H groups in total. The molecule has 0 radical (unpaired) electrons. The highest BCUT2D eigenvalue weighted by Crippen LogP contribution is 2.38. The number of hydrogen-bond acceptors (Lipinski definition) is 8. The monoisotopic (exact) mass is 461 g/mol. The van der Waals surface area contributed by atoms with Crippen LogP contribution in [0.2, 0.25) is 0 Å². The molecule has 5 rings (SSSR count). The first-order valence-electron chi connectivity index (χ1n) is 10.9. The van der Waals surface area contributed by atoms with Crippen molar-refractivity contribution in [2.75, 3.05) is 20.3 Å². The van der Waals surface area contributed by atoms with Crippen molar-refractivity contribution in [3.63, 3.8) is 0 Å². The second kappa shape index (κ2) is 9.30. The number of fused-ring (bicyclic) bond motifs is 1. The Morgan fingerprint density at radius 3 is 2.65 bits per heavy atom. The minimum Gasteiger partial charge on any atom is -0.497 e. The van der Waals surface area contributed by atoms with Gasteiger partial charge in [-0.2, -0.15) is 9.61 Å². The van der Waals surface area contributed by atoms with Crippen molar-refractivity contribution in [1.29, 1.82) is 0 Å². The van der Waals surface area contributed by atoms with E-state index in [0.29, 0.717) is 23.3 Å². The molecule has 34 heavy (non-hydrogen) atoms. The van der Waals surface area contributed by atoms with Crippen LogP contribution >= 0.6 is 0 Å². The predicted molar refractivity (Wildman–Crippen MR) is 122 cm³/mol. The fraction of sp³-hybridized carbons (Fsp3) is 0.304. The summed E-state index contributed by atoms with van der Waals surface area (Å²) >= 11 is 0. The summed E-state index contributed by atoms with van der Waals surface area (Å²) < 4.78 is 13.7. The van der Waals surface area contributed by atoms with E-state index in [-0.39, 0.29) is 31.2 Å². The van der Waals surface area contributed by atoms with Gasteiger partial charge in [0.15, 0.2) is 11.5 Å². The van der Waals surface area contributed by atoms with Gasteiger partial charge in [0.2, 0.25) is 11.8 Å². The van der Waals surface area contributed by atoms with Gasteiger partial charge >= 0.3 is 0 Å². The maximum absolute atomic E-state index is 12.2. The van der Waals surface area contributed by atoms with Crippen molar-refractivity contribution < 1.29 is 14.3 Å². The zero-order valence-electron chi connectivity index (χ0n) is 18.5. The smallest absolute Gasteiger partial charge is 0.267 e. The summed E-state index contributed by atoms with van der Waals surface area (Å²) in [4.78, 5) is 24.2. The lowest BCUT2D eigenvalue weighted by atomic mass is 10.2. The van der Waals surface area contributed by atoms with Crippen molar-refractivity contribution in [3.05, 3.63) is 64.6 Å². The molecule has 0 bridgehead atoms. The molecule has 0 unspecified atom stereocenters. The van der Waals surface area contributed by atoms with E-state index in [1.165, 1.54) is 10.7 Å². The van der Waals surface area contributed by atoms with Crippen LogP contribution in [-0.4, -0.2) is 55.8 Å². The number of nitrogens with zero attached hydrogens (tertiary/aromatic N) is 6. The van der Waals surface area contributed by atoms with Gasteiger partial charge in [-0.15, -0.1) is 15.3 Å². The van der Waals surface area contributed by atoms with Crippen LogP contribution in [0.5, 0.6) is 11.6 Å². The summed E-state index contributed by atoms with van der Waals surface area (Å²) in [6, 6.07) is 14.1. The second-order valence-electron chi connectivity index (χ2n) is 7.92. The largest absolute Gasteiger partial charge is 0.497 e. The van der Waals surface area contributed by atoms with Gasteiger partial charge in [0.25, 0.3) is 5.56 Å². The molecular formula is C23H23N7O4. The molecular weight excluding hydrogens is 438 g/mol. The van der Waals surface area contributed by atoms with Gasteiger partial charge in [-0.3, -0.25) is 9.59 Å². The number of methoxy groups -OCH3 is 1. The standard InChI is InChI=1S/C23H23N7O4/c1-33-17-6-4-16(5-7-17)23-26-25-19-9-10-21(28-30(19)23)34-13-12-24-20(31)14-29-22(32)11-8-18(27-29)15-2-3-15/h4-11,15H,2-3,12-14H2,1H3,(H,24,31). The third kappa shape index (κ3) is 4.72. The summed E-state index contributed by atoms with van der Waals surface area (Å²) in [6.07, 6.45) is 2.15. The Labute approximate surface area is 194 Å². The maximum atomic E-state index is 12.2. The number of amides is 1. The Bertz CT molecular complexity index is 1380. The fourth-order valence-corrected chi connectivity index (χ4v) is 3.48. The quantitative estimate of drug-likeness (QED) is 0.371. The number of aromatic nitrogens is 6. The third-order valence-electron chi connectivity index (χ3n) is 5.44. The third-order valence-corrected chi connectivity index (χ3v) is 5.44. The van der Waals surface area contributed by atoms with Gasteiger partial charge < -0.3 is 14.8 Å². The molecule has 3 heterocycles. The van der Waals surface area contributed by atoms with Crippen LogP contribution in [0.3, 0.4) is 0 Å². The van der Waals surface area contributed by atoms with Crippen LogP contribution in [-0.2, 0) is 11.3 Å². The zero-order valence-corrected chi connectivity index (χ0v) is 18.5. The van der Waals surface area contributed by atoms with E-state index in [2.05, 4.69) is 25.7 Å². The summed E-state index contributed by atoms with van der Waals surface area (Å²) in [6.45, 7) is 0.327. The van der Waals surface area contributed by atoms with E-state index in [1.807, 2.05) is 24.3 Å². The number of benzene rings is 1. The Kier molecular flexibility index (Phi) is 5.90. The molecule has 3 aromatic heterocycles. The molecule has 11 heteroatoms. The number of nitrogens with one attached hydrogen (secondary N) is 1. The summed E-state index contributed by atoms with van der Waals surface area (Å²) in [5.41, 5.74) is 1.98. The minimum atomic E-state index is -0.310. The molecule has 1 aliphatic rings. The van der Waals surface area contributed by atoms with Gasteiger partial charge in [-0.05, 0) is 49.2 Å². The van der Waals surface area contributed by atoms with Crippen molar-refractivity contribution in [3.8, 4) is 23.0 Å². The molecule has 0 spiro atoms. The van der Waals surface area contributed by atoms with E-state index in [4.69, 9.17) is 9.47 Å². The second-order valence-corrected chi connectivity index (χ2v) is 7.92. The predicted octanol–water partition coefficient (Wildman–Crippen LogP) is 1.43. The average molecular weight is 461 g/mol. The molecule has 1 amide bonds. The molecule has 1 aromatic carbocycles. The molecule has 4 aromatic rings. The van der Waals surface area contributed by atoms with Crippen LogP contribution < -0.4 is 20.3 Å². The number of rotatable bonds is 9. The van der Waals surface area contributed by atoms with Gasteiger partial charge in [-0.1, -0.05) is 0 Å². The first kappa shape index (κ1) is 21.6. The Morgan fingerprint density at radius 2 is 1.88 bits per heavy atom. The lowest BCUT2D eigenvalue weighted by Gasteiger charge is -2.09. The van der Waals surface area contributed by atoms with E-state index in [1.54, 1.807) is 29.8 Å². The summed E-state index contributed by atoms with van der Waals surface area (Å²) in [5.74, 6) is 1.78. The summed E-state index contributed by atoms with van der Waals surface area (Å²) in [7, 11) is 1.61. The Balaban J connectivity index is 1.17. The molecule has 11 nitrogen and oxygen atoms in total. The Morgan fingerprint density at radius 1 is 1.06 bits per heavy atom. The summed E-state index contributed by atoms with van der Waals surface area (Å²) in [5, 5.41) is 19.8. The van der Waals surface area contributed by atoms with Gasteiger partial charge in [-0.25, -0.2) is 4.68 Å². The highest BCUT2D eigenvalue weighted by Gasteiger charge is 2.25. The van der Waals surface area contributed by atoms with Crippen molar-refractivity contribution in [2.24, 2.45) is 0 Å². The fourth-order valence-electron chi connectivity index (χ4n) is 3.48. The normalized spacial score (nSPS) is 13.1. The van der Waals surface area contributed by atoms with Gasteiger partial charge in [0, 0.05) is 23.6 Å². The van der Waals surface area contributed by atoms with Crippen LogP contribution in [0.1, 0.15) is 24.5 Å². The van der Waals surface area contributed by atoms with Crippen LogP contribution in [0, 0.1) is 0 Å². The van der Waals surface area contributed by atoms with Crippen molar-refractivity contribution in [1.82, 2.24) is 34.9 Å².